The van der Waals surface area contributed by atoms with E-state index in [0.717, 1.165) is 12.8 Å². The molecule has 2 aromatic carbocycles. The second kappa shape index (κ2) is 9.80. The van der Waals surface area contributed by atoms with Crippen LogP contribution in [0.3, 0.4) is 0 Å². The fraction of sp³-hybridized carbons (Fsp3) is 0.350. The lowest BCUT2D eigenvalue weighted by Crippen LogP contribution is -2.36. The predicted octanol–water partition coefficient (Wildman–Crippen LogP) is 4.13. The zero-order valence-corrected chi connectivity index (χ0v) is 17.7. The van der Waals surface area contributed by atoms with E-state index in [9.17, 15) is 13.2 Å². The minimum absolute atomic E-state index is 0.0914. The van der Waals surface area contributed by atoms with Crippen LogP contribution in [0.4, 0.5) is 5.69 Å². The summed E-state index contributed by atoms with van der Waals surface area (Å²) in [5, 5.41) is 3.38. The molecule has 2 aromatic rings. The molecule has 2 N–H and O–H groups in total. The highest BCUT2D eigenvalue weighted by Crippen LogP contribution is 2.24. The molecule has 0 saturated heterocycles. The van der Waals surface area contributed by atoms with E-state index in [2.05, 4.69) is 17.0 Å². The van der Waals surface area contributed by atoms with Crippen LogP contribution in [0.15, 0.2) is 47.4 Å². The summed E-state index contributed by atoms with van der Waals surface area (Å²) >= 11 is 5.81. The van der Waals surface area contributed by atoms with E-state index < -0.39 is 10.0 Å². The number of rotatable bonds is 9. The van der Waals surface area contributed by atoms with Gasteiger partial charge < -0.3 is 10.1 Å². The predicted molar refractivity (Wildman–Crippen MR) is 111 cm³/mol. The van der Waals surface area contributed by atoms with Gasteiger partial charge in [0.1, 0.15) is 5.75 Å². The van der Waals surface area contributed by atoms with Crippen molar-refractivity contribution in [3.63, 3.8) is 0 Å². The van der Waals surface area contributed by atoms with Crippen molar-refractivity contribution >= 4 is 33.2 Å². The first-order valence-electron chi connectivity index (χ1n) is 9.02. The zero-order valence-electron chi connectivity index (χ0n) is 16.2. The lowest BCUT2D eigenvalue weighted by Gasteiger charge is -2.15. The normalized spacial score (nSPS) is 12.3. The highest BCUT2D eigenvalue weighted by Gasteiger charge is 2.16. The van der Waals surface area contributed by atoms with E-state index in [1.54, 1.807) is 37.3 Å². The average molecular weight is 425 g/mol. The van der Waals surface area contributed by atoms with Crippen LogP contribution >= 0.6 is 11.6 Å². The third kappa shape index (κ3) is 6.42. The maximum absolute atomic E-state index is 12.5. The molecule has 0 heterocycles. The number of halogens is 1. The quantitative estimate of drug-likeness (QED) is 0.633. The molecule has 6 nitrogen and oxygen atoms in total. The molecule has 0 spiro atoms. The number of ether oxygens (including phenoxy) is 1. The lowest BCUT2D eigenvalue weighted by atomic mass is 10.2. The number of nitrogens with one attached hydrogen (secondary N) is 2. The SMILES string of the molecule is CCC[C@H](C)NC(=O)COc1ccc(S(=O)(=O)Nc2ccc(Cl)cc2)cc1C. The number of aryl methyl sites for hydroxylation is 1. The van der Waals surface area contributed by atoms with Crippen LogP contribution in [-0.2, 0) is 14.8 Å². The van der Waals surface area contributed by atoms with Crippen LogP contribution in [0.25, 0.3) is 0 Å². The van der Waals surface area contributed by atoms with Gasteiger partial charge in [-0.3, -0.25) is 9.52 Å². The number of hydrogen-bond acceptors (Lipinski definition) is 4. The summed E-state index contributed by atoms with van der Waals surface area (Å²) in [5.74, 6) is 0.255. The molecule has 0 aromatic heterocycles. The van der Waals surface area contributed by atoms with E-state index in [1.165, 1.54) is 12.1 Å². The Kier molecular flexibility index (Phi) is 7.71. The Balaban J connectivity index is 2.02. The van der Waals surface area contributed by atoms with Crippen molar-refractivity contribution in [1.29, 1.82) is 0 Å². The number of carbonyl (C=O) groups is 1. The Hall–Kier alpha value is -2.25. The molecule has 1 atom stereocenters. The van der Waals surface area contributed by atoms with E-state index in [1.807, 2.05) is 6.92 Å². The van der Waals surface area contributed by atoms with Crippen molar-refractivity contribution in [2.24, 2.45) is 0 Å². The first-order chi connectivity index (χ1) is 13.2. The number of sulfonamides is 1. The second-order valence-electron chi connectivity index (χ2n) is 6.59. The van der Waals surface area contributed by atoms with Gasteiger partial charge in [-0.15, -0.1) is 0 Å². The molecular formula is C20H25ClN2O4S. The Morgan fingerprint density at radius 1 is 1.18 bits per heavy atom. The number of carbonyl (C=O) groups excluding carboxylic acids is 1. The van der Waals surface area contributed by atoms with Crippen molar-refractivity contribution < 1.29 is 17.9 Å². The minimum atomic E-state index is -3.75. The standard InChI is InChI=1S/C20H25ClN2O4S/c1-4-5-15(3)22-20(24)13-27-19-11-10-18(12-14(19)2)28(25,26)23-17-8-6-16(21)7-9-17/h6-12,15,23H,4-5,13H2,1-3H3,(H,22,24)/t15-/m0/s1. The molecule has 0 aliphatic heterocycles. The third-order valence-corrected chi connectivity index (χ3v) is 5.67. The van der Waals surface area contributed by atoms with Gasteiger partial charge in [-0.05, 0) is 68.3 Å². The fourth-order valence-corrected chi connectivity index (χ4v) is 3.92. The molecule has 0 unspecified atom stereocenters. The molecule has 0 aliphatic carbocycles. The number of hydrogen-bond donors (Lipinski definition) is 2. The van der Waals surface area contributed by atoms with Gasteiger partial charge in [-0.1, -0.05) is 24.9 Å². The highest BCUT2D eigenvalue weighted by molar-refractivity contribution is 7.92. The van der Waals surface area contributed by atoms with Crippen LogP contribution in [0.1, 0.15) is 32.3 Å². The third-order valence-electron chi connectivity index (χ3n) is 4.04. The van der Waals surface area contributed by atoms with Crippen molar-refractivity contribution in [2.45, 2.75) is 44.6 Å². The van der Waals surface area contributed by atoms with E-state index in [0.29, 0.717) is 22.0 Å². The van der Waals surface area contributed by atoms with E-state index >= 15 is 0 Å². The van der Waals surface area contributed by atoms with Crippen molar-refractivity contribution in [3.05, 3.63) is 53.1 Å². The summed E-state index contributed by atoms with van der Waals surface area (Å²) in [4.78, 5) is 12.0. The molecule has 152 valence electrons. The molecule has 0 aliphatic rings. The van der Waals surface area contributed by atoms with Gasteiger partial charge >= 0.3 is 0 Å². The Bertz CT molecular complexity index is 914. The van der Waals surface area contributed by atoms with Crippen molar-refractivity contribution in [1.82, 2.24) is 5.32 Å². The van der Waals surface area contributed by atoms with Crippen LogP contribution in [0.5, 0.6) is 5.75 Å². The minimum Gasteiger partial charge on any atom is -0.484 e. The molecule has 8 heteroatoms. The van der Waals surface area contributed by atoms with Gasteiger partial charge in [0.25, 0.3) is 15.9 Å². The molecule has 28 heavy (non-hydrogen) atoms. The average Bonchev–Trinajstić information content (AvgIpc) is 2.62. The molecule has 0 saturated carbocycles. The molecule has 2 rings (SSSR count). The largest absolute Gasteiger partial charge is 0.484 e. The summed E-state index contributed by atoms with van der Waals surface area (Å²) in [6.07, 6.45) is 1.89. The topological polar surface area (TPSA) is 84.5 Å². The van der Waals surface area contributed by atoms with Crippen LogP contribution in [-0.4, -0.2) is 27.0 Å². The summed E-state index contributed by atoms with van der Waals surface area (Å²) in [6, 6.07) is 11.0. The zero-order chi connectivity index (χ0) is 20.7. The Morgan fingerprint density at radius 3 is 2.46 bits per heavy atom. The van der Waals surface area contributed by atoms with Gasteiger partial charge in [0.2, 0.25) is 0 Å². The van der Waals surface area contributed by atoms with Gasteiger partial charge in [0.05, 0.1) is 4.90 Å². The van der Waals surface area contributed by atoms with E-state index in [-0.39, 0.29) is 23.5 Å². The molecule has 0 bridgehead atoms. The van der Waals surface area contributed by atoms with Crippen molar-refractivity contribution in [3.8, 4) is 5.75 Å². The first kappa shape index (κ1) is 22.0. The Labute approximate surface area is 171 Å². The summed E-state index contributed by atoms with van der Waals surface area (Å²) in [7, 11) is -3.75. The second-order valence-corrected chi connectivity index (χ2v) is 8.70. The van der Waals surface area contributed by atoms with Crippen LogP contribution < -0.4 is 14.8 Å². The summed E-state index contributed by atoms with van der Waals surface area (Å²) in [6.45, 7) is 5.61. The first-order valence-corrected chi connectivity index (χ1v) is 10.9. The maximum Gasteiger partial charge on any atom is 0.261 e. The van der Waals surface area contributed by atoms with Crippen molar-refractivity contribution in [2.75, 3.05) is 11.3 Å². The molecular weight excluding hydrogens is 400 g/mol. The molecule has 0 radical (unpaired) electrons. The number of amides is 1. The van der Waals surface area contributed by atoms with Crippen LogP contribution in [0.2, 0.25) is 5.02 Å². The highest BCUT2D eigenvalue weighted by atomic mass is 35.5. The number of anilines is 1. The van der Waals surface area contributed by atoms with Gasteiger partial charge in [-0.25, -0.2) is 8.42 Å². The smallest absolute Gasteiger partial charge is 0.261 e. The fourth-order valence-electron chi connectivity index (χ4n) is 2.65. The van der Waals surface area contributed by atoms with Gasteiger partial charge in [-0.2, -0.15) is 0 Å². The van der Waals surface area contributed by atoms with Gasteiger partial charge in [0, 0.05) is 16.8 Å². The van der Waals surface area contributed by atoms with Crippen LogP contribution in [0, 0.1) is 6.92 Å². The Morgan fingerprint density at radius 2 is 1.86 bits per heavy atom. The number of benzene rings is 2. The van der Waals surface area contributed by atoms with E-state index in [4.69, 9.17) is 16.3 Å². The van der Waals surface area contributed by atoms with Gasteiger partial charge in [0.15, 0.2) is 6.61 Å². The molecule has 0 fully saturated rings. The lowest BCUT2D eigenvalue weighted by molar-refractivity contribution is -0.123. The molecule has 1 amide bonds. The summed E-state index contributed by atoms with van der Waals surface area (Å²) in [5.41, 5.74) is 1.04. The summed E-state index contributed by atoms with van der Waals surface area (Å²) < 4.78 is 33.1. The maximum atomic E-state index is 12.5. The monoisotopic (exact) mass is 424 g/mol.